The topological polar surface area (TPSA) is 83.1 Å². The fraction of sp³-hybridized carbons (Fsp3) is 0.250. The van der Waals surface area contributed by atoms with E-state index in [9.17, 15) is 4.79 Å². The van der Waals surface area contributed by atoms with E-state index in [2.05, 4.69) is 25.4 Å². The molecule has 7 heteroatoms. The molecule has 1 aliphatic heterocycles. The Hall–Kier alpha value is -3.35. The molecule has 27 heavy (non-hydrogen) atoms. The lowest BCUT2D eigenvalue weighted by Gasteiger charge is -2.15. The molecule has 0 aliphatic carbocycles. The standard InChI is InChI=1S/C20H21N5O2/c1-27-16-7-5-14(6-8-16)18-12-19(24-23-18)25-11-9-15(13-25)22-20(26)17-4-2-3-10-21-17/h2-8,10,12,15H,9,11,13H2,1H3,(H,22,26)(H,23,24)/t15-/m1/s1. The number of carbonyl (C=O) groups is 1. The fourth-order valence-corrected chi connectivity index (χ4v) is 3.23. The zero-order chi connectivity index (χ0) is 18.6. The number of benzene rings is 1. The molecule has 2 aromatic heterocycles. The van der Waals surface area contributed by atoms with Crippen molar-refractivity contribution in [3.8, 4) is 17.0 Å². The van der Waals surface area contributed by atoms with E-state index in [1.807, 2.05) is 36.4 Å². The summed E-state index contributed by atoms with van der Waals surface area (Å²) in [6.45, 7) is 1.57. The van der Waals surface area contributed by atoms with Crippen LogP contribution in [0.1, 0.15) is 16.9 Å². The largest absolute Gasteiger partial charge is 0.497 e. The lowest BCUT2D eigenvalue weighted by Crippen LogP contribution is -2.37. The van der Waals surface area contributed by atoms with Crippen LogP contribution < -0.4 is 15.0 Å². The van der Waals surface area contributed by atoms with Crippen molar-refractivity contribution < 1.29 is 9.53 Å². The van der Waals surface area contributed by atoms with E-state index in [1.165, 1.54) is 0 Å². The first kappa shape index (κ1) is 17.1. The first-order chi connectivity index (χ1) is 13.2. The summed E-state index contributed by atoms with van der Waals surface area (Å²) < 4.78 is 5.19. The molecule has 4 rings (SSSR count). The van der Waals surface area contributed by atoms with Gasteiger partial charge in [0.1, 0.15) is 11.4 Å². The maximum atomic E-state index is 12.3. The zero-order valence-electron chi connectivity index (χ0n) is 15.1. The molecular weight excluding hydrogens is 342 g/mol. The van der Waals surface area contributed by atoms with Crippen molar-refractivity contribution in [2.45, 2.75) is 12.5 Å². The number of H-pyrrole nitrogens is 1. The Morgan fingerprint density at radius 1 is 1.26 bits per heavy atom. The SMILES string of the molecule is COc1ccc(-c2cc(N3CC[C@@H](NC(=O)c4ccccn4)C3)n[nH]2)cc1. The smallest absolute Gasteiger partial charge is 0.270 e. The molecule has 0 bridgehead atoms. The van der Waals surface area contributed by atoms with Gasteiger partial charge in [0.05, 0.1) is 12.8 Å². The summed E-state index contributed by atoms with van der Waals surface area (Å²) in [7, 11) is 1.65. The molecular formula is C20H21N5O2. The molecule has 1 aliphatic rings. The quantitative estimate of drug-likeness (QED) is 0.728. The van der Waals surface area contributed by atoms with Crippen LogP contribution in [0, 0.1) is 0 Å². The molecule has 0 saturated carbocycles. The van der Waals surface area contributed by atoms with Crippen LogP contribution in [-0.2, 0) is 0 Å². The lowest BCUT2D eigenvalue weighted by molar-refractivity contribution is 0.0935. The number of aromatic nitrogens is 3. The molecule has 0 radical (unpaired) electrons. The first-order valence-electron chi connectivity index (χ1n) is 8.89. The zero-order valence-corrected chi connectivity index (χ0v) is 15.1. The monoisotopic (exact) mass is 363 g/mol. The highest BCUT2D eigenvalue weighted by Gasteiger charge is 2.26. The van der Waals surface area contributed by atoms with Crippen molar-refractivity contribution in [1.29, 1.82) is 0 Å². The van der Waals surface area contributed by atoms with E-state index in [4.69, 9.17) is 4.74 Å². The van der Waals surface area contributed by atoms with Gasteiger partial charge in [0.2, 0.25) is 0 Å². The van der Waals surface area contributed by atoms with Crippen LogP contribution in [-0.4, -0.2) is 47.3 Å². The van der Waals surface area contributed by atoms with Crippen LogP contribution >= 0.6 is 0 Å². The maximum Gasteiger partial charge on any atom is 0.270 e. The molecule has 1 fully saturated rings. The summed E-state index contributed by atoms with van der Waals surface area (Å²) in [6.07, 6.45) is 2.50. The highest BCUT2D eigenvalue weighted by Crippen LogP contribution is 2.26. The molecule has 138 valence electrons. The summed E-state index contributed by atoms with van der Waals surface area (Å²) in [6, 6.07) is 15.3. The van der Waals surface area contributed by atoms with Gasteiger partial charge in [-0.05, 0) is 48.4 Å². The number of hydrogen-bond donors (Lipinski definition) is 2. The van der Waals surface area contributed by atoms with E-state index in [0.717, 1.165) is 42.3 Å². The fourth-order valence-electron chi connectivity index (χ4n) is 3.23. The van der Waals surface area contributed by atoms with E-state index in [1.54, 1.807) is 25.4 Å². The van der Waals surface area contributed by atoms with E-state index in [0.29, 0.717) is 5.69 Å². The summed E-state index contributed by atoms with van der Waals surface area (Å²) in [4.78, 5) is 18.5. The van der Waals surface area contributed by atoms with Crippen LogP contribution in [0.15, 0.2) is 54.7 Å². The van der Waals surface area contributed by atoms with Crippen molar-refractivity contribution in [2.75, 3.05) is 25.1 Å². The van der Waals surface area contributed by atoms with Crippen LogP contribution in [0.25, 0.3) is 11.3 Å². The molecule has 7 nitrogen and oxygen atoms in total. The summed E-state index contributed by atoms with van der Waals surface area (Å²) in [5, 5.41) is 10.6. The average Bonchev–Trinajstić information content (AvgIpc) is 3.38. The third-order valence-electron chi connectivity index (χ3n) is 4.71. The molecule has 1 atom stereocenters. The van der Waals surface area contributed by atoms with Gasteiger partial charge >= 0.3 is 0 Å². The second kappa shape index (κ2) is 7.49. The molecule has 3 heterocycles. The number of ether oxygens (including phenoxy) is 1. The van der Waals surface area contributed by atoms with Gasteiger partial charge in [0.15, 0.2) is 5.82 Å². The predicted octanol–water partition coefficient (Wildman–Crippen LogP) is 2.49. The van der Waals surface area contributed by atoms with E-state index in [-0.39, 0.29) is 11.9 Å². The number of rotatable bonds is 5. The van der Waals surface area contributed by atoms with Crippen LogP contribution in [0.2, 0.25) is 0 Å². The van der Waals surface area contributed by atoms with E-state index < -0.39 is 0 Å². The van der Waals surface area contributed by atoms with Gasteiger partial charge in [-0.15, -0.1) is 0 Å². The predicted molar refractivity (Wildman–Crippen MR) is 103 cm³/mol. The van der Waals surface area contributed by atoms with Gasteiger partial charge in [0.25, 0.3) is 5.91 Å². The van der Waals surface area contributed by atoms with Crippen molar-refractivity contribution in [3.05, 3.63) is 60.4 Å². The number of aromatic amines is 1. The molecule has 0 unspecified atom stereocenters. The van der Waals surface area contributed by atoms with Crippen molar-refractivity contribution in [3.63, 3.8) is 0 Å². The summed E-state index contributed by atoms with van der Waals surface area (Å²) in [5.74, 6) is 1.57. The molecule has 3 aromatic rings. The second-order valence-corrected chi connectivity index (χ2v) is 6.49. The first-order valence-corrected chi connectivity index (χ1v) is 8.89. The molecule has 1 aromatic carbocycles. The lowest BCUT2D eigenvalue weighted by atomic mass is 10.1. The third-order valence-corrected chi connectivity index (χ3v) is 4.71. The minimum Gasteiger partial charge on any atom is -0.497 e. The second-order valence-electron chi connectivity index (χ2n) is 6.49. The Bertz CT molecular complexity index is 908. The van der Waals surface area contributed by atoms with Gasteiger partial charge in [-0.1, -0.05) is 6.07 Å². The average molecular weight is 363 g/mol. The normalized spacial score (nSPS) is 16.3. The number of methoxy groups -OCH3 is 1. The van der Waals surface area contributed by atoms with Crippen molar-refractivity contribution >= 4 is 11.7 Å². The molecule has 2 N–H and O–H groups in total. The third kappa shape index (κ3) is 3.76. The van der Waals surface area contributed by atoms with Gasteiger partial charge in [-0.3, -0.25) is 14.9 Å². The Balaban J connectivity index is 1.39. The Kier molecular flexibility index (Phi) is 4.74. The van der Waals surface area contributed by atoms with Crippen molar-refractivity contribution in [2.24, 2.45) is 0 Å². The van der Waals surface area contributed by atoms with Crippen LogP contribution in [0.5, 0.6) is 5.75 Å². The maximum absolute atomic E-state index is 12.3. The van der Waals surface area contributed by atoms with Gasteiger partial charge < -0.3 is 15.0 Å². The number of hydrogen-bond acceptors (Lipinski definition) is 5. The van der Waals surface area contributed by atoms with Gasteiger partial charge in [-0.25, -0.2) is 0 Å². The Morgan fingerprint density at radius 2 is 2.11 bits per heavy atom. The number of nitrogens with zero attached hydrogens (tertiary/aromatic N) is 3. The Morgan fingerprint density at radius 3 is 2.85 bits per heavy atom. The van der Waals surface area contributed by atoms with Crippen molar-refractivity contribution in [1.82, 2.24) is 20.5 Å². The summed E-state index contributed by atoms with van der Waals surface area (Å²) >= 11 is 0. The van der Waals surface area contributed by atoms with Crippen LogP contribution in [0.4, 0.5) is 5.82 Å². The molecule has 1 saturated heterocycles. The number of nitrogens with one attached hydrogen (secondary N) is 2. The minimum atomic E-state index is -0.136. The Labute approximate surface area is 157 Å². The number of pyridine rings is 1. The number of amides is 1. The number of carbonyl (C=O) groups excluding carboxylic acids is 1. The molecule has 0 spiro atoms. The number of anilines is 1. The summed E-state index contributed by atoms with van der Waals surface area (Å²) in [5.41, 5.74) is 2.44. The molecule has 1 amide bonds. The highest BCUT2D eigenvalue weighted by molar-refractivity contribution is 5.92. The van der Waals surface area contributed by atoms with Crippen LogP contribution in [0.3, 0.4) is 0 Å². The van der Waals surface area contributed by atoms with E-state index >= 15 is 0 Å². The minimum absolute atomic E-state index is 0.0839. The highest BCUT2D eigenvalue weighted by atomic mass is 16.5. The van der Waals surface area contributed by atoms with Gasteiger partial charge in [-0.2, -0.15) is 5.10 Å². The van der Waals surface area contributed by atoms with Gasteiger partial charge in [0, 0.05) is 31.4 Å².